The number of esters is 2. The SMILES string of the molecule is Cc1cc(C(C)(C)C)c(O)c(C)c1Cn1c(=O)n(CCC(=O)OC2CC(C)(C)NC(C)(C)C2)c(=O)n(CCC(=O)OC2CC(C)(C)NC(C)(C)C2)c1=O. The molecule has 0 unspecified atom stereocenters. The van der Waals surface area contributed by atoms with Gasteiger partial charge in [-0.25, -0.2) is 28.1 Å². The molecule has 2 aromatic rings. The first-order chi connectivity index (χ1) is 24.1. The average molecular weight is 742 g/mol. The number of carbonyl (C=O) groups excluding carboxylic acids is 2. The van der Waals surface area contributed by atoms with Crippen molar-refractivity contribution in [1.29, 1.82) is 0 Å². The zero-order valence-corrected chi connectivity index (χ0v) is 34.2. The number of aryl methyl sites for hydroxylation is 1. The van der Waals surface area contributed by atoms with Crippen LogP contribution in [0.25, 0.3) is 0 Å². The summed E-state index contributed by atoms with van der Waals surface area (Å²) in [4.78, 5) is 68.2. The van der Waals surface area contributed by atoms with Gasteiger partial charge in [0.1, 0.15) is 18.0 Å². The van der Waals surface area contributed by atoms with Crippen LogP contribution in [0.3, 0.4) is 0 Å². The molecule has 296 valence electrons. The molecule has 3 heterocycles. The van der Waals surface area contributed by atoms with Crippen LogP contribution < -0.4 is 27.7 Å². The van der Waals surface area contributed by atoms with Gasteiger partial charge in [0.25, 0.3) is 0 Å². The third kappa shape index (κ3) is 10.3. The second kappa shape index (κ2) is 14.8. The van der Waals surface area contributed by atoms with Crippen LogP contribution in [0.15, 0.2) is 20.4 Å². The lowest BCUT2D eigenvalue weighted by atomic mass is 9.81. The molecule has 13 heteroatoms. The molecule has 0 amide bonds. The highest BCUT2D eigenvalue weighted by molar-refractivity contribution is 5.70. The number of aromatic nitrogens is 3. The summed E-state index contributed by atoms with van der Waals surface area (Å²) in [7, 11) is 0. The summed E-state index contributed by atoms with van der Waals surface area (Å²) in [6, 6.07) is 1.84. The molecule has 1 aromatic carbocycles. The van der Waals surface area contributed by atoms with Gasteiger partial charge in [-0.15, -0.1) is 0 Å². The van der Waals surface area contributed by atoms with E-state index in [2.05, 4.69) is 10.6 Å². The van der Waals surface area contributed by atoms with E-state index in [1.54, 1.807) is 6.92 Å². The number of phenolic OH excluding ortho intramolecular Hbond substituents is 1. The fraction of sp³-hybridized carbons (Fsp3) is 0.725. The van der Waals surface area contributed by atoms with Crippen LogP contribution in [0.1, 0.15) is 137 Å². The molecular weight excluding hydrogens is 678 g/mol. The minimum atomic E-state index is -0.926. The van der Waals surface area contributed by atoms with Crippen molar-refractivity contribution in [2.45, 2.75) is 188 Å². The Hall–Kier alpha value is -3.71. The van der Waals surface area contributed by atoms with E-state index in [4.69, 9.17) is 9.47 Å². The molecule has 2 aliphatic heterocycles. The summed E-state index contributed by atoms with van der Waals surface area (Å²) >= 11 is 0. The summed E-state index contributed by atoms with van der Waals surface area (Å²) < 4.78 is 14.3. The molecule has 3 N–H and O–H groups in total. The molecule has 0 saturated carbocycles. The second-order valence-electron chi connectivity index (χ2n) is 19.0. The molecule has 2 saturated heterocycles. The van der Waals surface area contributed by atoms with E-state index in [0.717, 1.165) is 24.8 Å². The topological polar surface area (TPSA) is 163 Å². The van der Waals surface area contributed by atoms with Gasteiger partial charge in [0, 0.05) is 60.9 Å². The molecule has 13 nitrogen and oxygen atoms in total. The van der Waals surface area contributed by atoms with Gasteiger partial charge >= 0.3 is 29.0 Å². The standard InChI is InChI=1S/C40H63N5O8/c1-24-18-29(36(3,4)5)32(48)25(2)28(24)23-45-34(50)43(16-14-30(46)52-26-19-37(6,7)41-38(8,9)20-26)33(49)44(35(45)51)17-15-31(47)53-27-21-39(10,11)42-40(12,13)22-27/h18,26-27,41-42,48H,14-17,19-23H2,1-13H3. The van der Waals surface area contributed by atoms with Gasteiger partial charge in [0.2, 0.25) is 0 Å². The van der Waals surface area contributed by atoms with E-state index in [1.165, 1.54) is 0 Å². The molecule has 1 aromatic heterocycles. The number of phenols is 1. The molecule has 2 aliphatic rings. The van der Waals surface area contributed by atoms with E-state index in [1.807, 2.05) is 89.2 Å². The lowest BCUT2D eigenvalue weighted by molar-refractivity contribution is -0.154. The molecule has 0 spiro atoms. The van der Waals surface area contributed by atoms with Crippen LogP contribution in [0, 0.1) is 13.8 Å². The van der Waals surface area contributed by atoms with Crippen molar-refractivity contribution >= 4 is 11.9 Å². The summed E-state index contributed by atoms with van der Waals surface area (Å²) in [6.07, 6.45) is 1.13. The predicted octanol–water partition coefficient (Wildman–Crippen LogP) is 4.32. The average Bonchev–Trinajstić information content (AvgIpc) is 2.94. The van der Waals surface area contributed by atoms with E-state index in [-0.39, 0.29) is 78.0 Å². The third-order valence-electron chi connectivity index (χ3n) is 10.4. The Balaban J connectivity index is 1.66. The van der Waals surface area contributed by atoms with Gasteiger partial charge in [-0.05, 0) is 96.9 Å². The predicted molar refractivity (Wildman–Crippen MR) is 205 cm³/mol. The minimum absolute atomic E-state index is 0.0684. The van der Waals surface area contributed by atoms with Gasteiger partial charge in [-0.1, -0.05) is 26.8 Å². The smallest absolute Gasteiger partial charge is 0.336 e. The summed E-state index contributed by atoms with van der Waals surface area (Å²) in [5.74, 6) is -1.06. The van der Waals surface area contributed by atoms with E-state index in [0.29, 0.717) is 36.8 Å². The molecule has 53 heavy (non-hydrogen) atoms. The molecule has 0 radical (unpaired) electrons. The quantitative estimate of drug-likeness (QED) is 0.299. The zero-order valence-electron chi connectivity index (χ0n) is 34.2. The monoisotopic (exact) mass is 741 g/mol. The highest BCUT2D eigenvalue weighted by Crippen LogP contribution is 2.37. The summed E-state index contributed by atoms with van der Waals surface area (Å²) in [6.45, 7) is 25.0. The summed E-state index contributed by atoms with van der Waals surface area (Å²) in [5.41, 5.74) is -1.57. The number of nitrogens with one attached hydrogen (secondary N) is 2. The first-order valence-corrected chi connectivity index (χ1v) is 18.8. The molecular formula is C40H63N5O8. The maximum Gasteiger partial charge on any atom is 0.336 e. The fourth-order valence-corrected chi connectivity index (χ4v) is 8.71. The highest BCUT2D eigenvalue weighted by Gasteiger charge is 2.40. The van der Waals surface area contributed by atoms with Gasteiger partial charge in [0.15, 0.2) is 0 Å². The molecule has 0 aliphatic carbocycles. The Kier molecular flexibility index (Phi) is 11.8. The zero-order chi connectivity index (χ0) is 40.1. The van der Waals surface area contributed by atoms with E-state index in [9.17, 15) is 29.1 Å². The van der Waals surface area contributed by atoms with Gasteiger partial charge in [-0.2, -0.15) is 0 Å². The van der Waals surface area contributed by atoms with Crippen molar-refractivity contribution in [3.8, 4) is 5.75 Å². The number of ether oxygens (including phenoxy) is 2. The van der Waals surface area contributed by atoms with Crippen molar-refractivity contribution in [2.75, 3.05) is 0 Å². The number of piperidine rings is 2. The fourth-order valence-electron chi connectivity index (χ4n) is 8.71. The van der Waals surface area contributed by atoms with Crippen LogP contribution in [-0.4, -0.2) is 65.1 Å². The van der Waals surface area contributed by atoms with Crippen molar-refractivity contribution in [2.24, 2.45) is 0 Å². The van der Waals surface area contributed by atoms with Crippen molar-refractivity contribution in [1.82, 2.24) is 24.3 Å². The Morgan fingerprint density at radius 2 is 1.08 bits per heavy atom. The van der Waals surface area contributed by atoms with Gasteiger partial charge in [-0.3, -0.25) is 9.59 Å². The maximum absolute atomic E-state index is 14.0. The van der Waals surface area contributed by atoms with Crippen LogP contribution >= 0.6 is 0 Å². The Morgan fingerprint density at radius 3 is 1.43 bits per heavy atom. The summed E-state index contributed by atoms with van der Waals surface area (Å²) in [5, 5.41) is 18.3. The van der Waals surface area contributed by atoms with Gasteiger partial charge < -0.3 is 25.2 Å². The maximum atomic E-state index is 14.0. The largest absolute Gasteiger partial charge is 0.507 e. The Labute approximate surface area is 313 Å². The first kappa shape index (κ1) is 42.0. The molecule has 4 rings (SSSR count). The lowest BCUT2D eigenvalue weighted by Crippen LogP contribution is -2.59. The number of benzene rings is 1. The van der Waals surface area contributed by atoms with E-state index >= 15 is 0 Å². The molecule has 0 bridgehead atoms. The highest BCUT2D eigenvalue weighted by atomic mass is 16.5. The van der Waals surface area contributed by atoms with Crippen LogP contribution in [0.5, 0.6) is 5.75 Å². The van der Waals surface area contributed by atoms with Crippen LogP contribution in [0.2, 0.25) is 0 Å². The Bertz CT molecular complexity index is 1780. The normalized spacial score (nSPS) is 19.9. The number of carbonyl (C=O) groups is 2. The van der Waals surface area contributed by atoms with Crippen LogP contribution in [0.4, 0.5) is 0 Å². The number of hydrogen-bond acceptors (Lipinski definition) is 10. The number of nitrogens with zero attached hydrogens (tertiary/aromatic N) is 3. The molecule has 0 atom stereocenters. The van der Waals surface area contributed by atoms with Crippen molar-refractivity contribution < 1.29 is 24.2 Å². The van der Waals surface area contributed by atoms with Crippen molar-refractivity contribution in [3.63, 3.8) is 0 Å². The van der Waals surface area contributed by atoms with Crippen LogP contribution in [-0.2, 0) is 44.1 Å². The minimum Gasteiger partial charge on any atom is -0.507 e. The van der Waals surface area contributed by atoms with E-state index < -0.39 is 29.0 Å². The number of rotatable bonds is 10. The first-order valence-electron chi connectivity index (χ1n) is 18.8. The number of hydrogen-bond donors (Lipinski definition) is 3. The third-order valence-corrected chi connectivity index (χ3v) is 10.4. The Morgan fingerprint density at radius 1 is 0.717 bits per heavy atom. The lowest BCUT2D eigenvalue weighted by Gasteiger charge is -2.45. The van der Waals surface area contributed by atoms with Gasteiger partial charge in [0.05, 0.1) is 19.4 Å². The number of aromatic hydroxyl groups is 1. The van der Waals surface area contributed by atoms with Crippen molar-refractivity contribution in [3.05, 3.63) is 59.8 Å². The molecule has 2 fully saturated rings. The second-order valence-corrected chi connectivity index (χ2v) is 19.0.